The molecule has 5 nitrogen and oxygen atoms in total. The van der Waals surface area contributed by atoms with Gasteiger partial charge in [-0.2, -0.15) is 0 Å². The number of methoxy groups -OCH3 is 1. The van der Waals surface area contributed by atoms with Gasteiger partial charge in [0.15, 0.2) is 0 Å². The van der Waals surface area contributed by atoms with Crippen LogP contribution >= 0.6 is 11.6 Å². The van der Waals surface area contributed by atoms with Crippen LogP contribution in [-0.2, 0) is 15.6 Å². The van der Waals surface area contributed by atoms with Gasteiger partial charge in [0.1, 0.15) is 0 Å². The molecule has 1 rings (SSSR count). The van der Waals surface area contributed by atoms with Crippen molar-refractivity contribution in [1.82, 2.24) is 0 Å². The Bertz CT molecular complexity index is 478. The van der Waals surface area contributed by atoms with Crippen molar-refractivity contribution in [3.8, 4) is 0 Å². The molecule has 0 saturated carbocycles. The smallest absolute Gasteiger partial charge is 0.339 e. The summed E-state index contributed by atoms with van der Waals surface area (Å²) in [7, 11) is -0.0930. The van der Waals surface area contributed by atoms with Crippen molar-refractivity contribution in [2.24, 2.45) is 0 Å². The van der Waals surface area contributed by atoms with Crippen LogP contribution in [0, 0.1) is 0 Å². The normalized spacial score (nSPS) is 10.2. The number of nitrogens with zero attached hydrogens (tertiary/aromatic N) is 1. The predicted molar refractivity (Wildman–Crippen MR) is 61.5 cm³/mol. The zero-order chi connectivity index (χ0) is 12.3. The number of ether oxygens (including phenoxy) is 1. The lowest BCUT2D eigenvalue weighted by Gasteiger charge is -2.12. The van der Waals surface area contributed by atoms with Crippen molar-refractivity contribution in [2.45, 2.75) is 0 Å². The summed E-state index contributed by atoms with van der Waals surface area (Å²) in [5, 5.41) is 0.146. The molecule has 0 radical (unpaired) electrons. The zero-order valence-corrected chi connectivity index (χ0v) is 10.3. The molecule has 0 aliphatic carbocycles. The van der Waals surface area contributed by atoms with Gasteiger partial charge in [-0.1, -0.05) is 11.6 Å². The third kappa shape index (κ3) is 2.65. The number of hydrogen-bond donors (Lipinski definition) is 1. The Morgan fingerprint density at radius 2 is 2.06 bits per heavy atom. The van der Waals surface area contributed by atoms with E-state index < -0.39 is 16.9 Å². The Hall–Kier alpha value is -1.27. The monoisotopic (exact) mass is 263 g/mol. The first-order chi connectivity index (χ1) is 7.47. The molecular weight excluding hydrogens is 254 g/mol. The number of carbonyl (C=O) groups is 1. The zero-order valence-electron chi connectivity index (χ0n) is 8.64. The van der Waals surface area contributed by atoms with E-state index in [-0.39, 0.29) is 10.6 Å². The van der Waals surface area contributed by atoms with E-state index in [9.17, 15) is 13.2 Å². The minimum absolute atomic E-state index is 0.146. The second kappa shape index (κ2) is 5.18. The highest BCUT2D eigenvalue weighted by molar-refractivity contribution is 7.74. The Labute approximate surface area is 99.7 Å². The summed E-state index contributed by atoms with van der Waals surface area (Å²) in [6, 6.07) is 4.28. The van der Waals surface area contributed by atoms with Crippen LogP contribution < -0.4 is 4.31 Å². The first kappa shape index (κ1) is 12.8. The third-order valence-electron chi connectivity index (χ3n) is 1.98. The van der Waals surface area contributed by atoms with Crippen LogP contribution in [0.1, 0.15) is 10.4 Å². The minimum Gasteiger partial charge on any atom is -0.465 e. The molecule has 7 heteroatoms. The Morgan fingerprint density at radius 1 is 1.44 bits per heavy atom. The van der Waals surface area contributed by atoms with Gasteiger partial charge in [-0.3, -0.25) is 4.31 Å². The number of rotatable bonds is 3. The lowest BCUT2D eigenvalue weighted by Crippen LogP contribution is -2.14. The van der Waals surface area contributed by atoms with E-state index in [2.05, 4.69) is 4.74 Å². The summed E-state index contributed by atoms with van der Waals surface area (Å²) >= 11 is 5.83. The van der Waals surface area contributed by atoms with Gasteiger partial charge in [-0.15, -0.1) is 0 Å². The summed E-state index contributed by atoms with van der Waals surface area (Å²) in [4.78, 5) is 11.2. The van der Waals surface area contributed by atoms with Crippen molar-refractivity contribution >= 4 is 34.1 Å². The molecule has 0 atom stereocenters. The van der Waals surface area contributed by atoms with E-state index in [1.807, 2.05) is 0 Å². The van der Waals surface area contributed by atoms with E-state index in [1.54, 1.807) is 0 Å². The molecule has 0 unspecified atom stereocenters. The molecule has 0 saturated heterocycles. The van der Waals surface area contributed by atoms with Gasteiger partial charge >= 0.3 is 5.97 Å². The molecule has 88 valence electrons. The van der Waals surface area contributed by atoms with Gasteiger partial charge in [0.05, 0.1) is 23.4 Å². The van der Waals surface area contributed by atoms with Crippen molar-refractivity contribution in [1.29, 1.82) is 0 Å². The summed E-state index contributed by atoms with van der Waals surface area (Å²) < 4.78 is 27.0. The molecule has 1 aromatic carbocycles. The van der Waals surface area contributed by atoms with E-state index >= 15 is 0 Å². The number of benzene rings is 1. The summed E-state index contributed by atoms with van der Waals surface area (Å²) in [6.07, 6.45) is 0. The molecule has 0 N–H and O–H groups in total. The standard InChI is InChI=1S/C9H10ClNO4S/c1-11(16(13)14)6-3-4-7(8(10)5-6)9(12)15-2/h3-5,16H,1-2H3. The van der Waals surface area contributed by atoms with Gasteiger partial charge in [0.2, 0.25) is 10.9 Å². The van der Waals surface area contributed by atoms with Gasteiger partial charge in [0, 0.05) is 7.05 Å². The molecule has 1 aromatic rings. The summed E-state index contributed by atoms with van der Waals surface area (Å²) in [5.74, 6) is -0.564. The Kier molecular flexibility index (Phi) is 4.14. The third-order valence-corrected chi connectivity index (χ3v) is 3.01. The van der Waals surface area contributed by atoms with Crippen LogP contribution in [0.4, 0.5) is 5.69 Å². The van der Waals surface area contributed by atoms with Crippen LogP contribution in [0.5, 0.6) is 0 Å². The fourth-order valence-corrected chi connectivity index (χ4v) is 1.64. The molecule has 0 amide bonds. The molecule has 0 fully saturated rings. The summed E-state index contributed by atoms with van der Waals surface area (Å²) in [6.45, 7) is 0. The Morgan fingerprint density at radius 3 is 2.50 bits per heavy atom. The van der Waals surface area contributed by atoms with Crippen LogP contribution in [0.3, 0.4) is 0 Å². The van der Waals surface area contributed by atoms with E-state index in [4.69, 9.17) is 11.6 Å². The maximum Gasteiger partial charge on any atom is 0.339 e. The van der Waals surface area contributed by atoms with E-state index in [1.165, 1.54) is 32.4 Å². The molecule has 0 aromatic heterocycles. The van der Waals surface area contributed by atoms with Crippen LogP contribution in [0.2, 0.25) is 5.02 Å². The first-order valence-corrected chi connectivity index (χ1v) is 5.74. The number of carbonyl (C=O) groups excluding carboxylic acids is 1. The molecule has 0 heterocycles. The maximum absolute atomic E-state index is 11.2. The first-order valence-electron chi connectivity index (χ1n) is 4.23. The topological polar surface area (TPSA) is 63.7 Å². The highest BCUT2D eigenvalue weighted by atomic mass is 35.5. The SMILES string of the molecule is COC(=O)c1ccc(N(C)[SH](=O)=O)cc1Cl. The van der Waals surface area contributed by atoms with Gasteiger partial charge in [-0.05, 0) is 18.2 Å². The molecular formula is C9H10ClNO4S. The summed E-state index contributed by atoms with van der Waals surface area (Å²) in [5.41, 5.74) is 0.580. The van der Waals surface area contributed by atoms with Crippen molar-refractivity contribution < 1.29 is 17.9 Å². The number of halogens is 1. The maximum atomic E-state index is 11.2. The largest absolute Gasteiger partial charge is 0.465 e. The fraction of sp³-hybridized carbons (Fsp3) is 0.222. The number of thiol groups is 1. The van der Waals surface area contributed by atoms with Gasteiger partial charge in [-0.25, -0.2) is 13.2 Å². The van der Waals surface area contributed by atoms with Crippen LogP contribution in [-0.4, -0.2) is 28.5 Å². The van der Waals surface area contributed by atoms with Gasteiger partial charge < -0.3 is 4.74 Å². The lowest BCUT2D eigenvalue weighted by atomic mass is 10.2. The number of anilines is 1. The van der Waals surface area contributed by atoms with Crippen LogP contribution in [0.25, 0.3) is 0 Å². The van der Waals surface area contributed by atoms with Crippen LogP contribution in [0.15, 0.2) is 18.2 Å². The quantitative estimate of drug-likeness (QED) is 0.655. The predicted octanol–water partition coefficient (Wildman–Crippen LogP) is 1.09. The molecule has 16 heavy (non-hydrogen) atoms. The molecule has 0 spiro atoms. The molecule has 0 bridgehead atoms. The molecule has 0 aliphatic heterocycles. The van der Waals surface area contributed by atoms with Crippen molar-refractivity contribution in [2.75, 3.05) is 18.5 Å². The second-order valence-corrected chi connectivity index (χ2v) is 4.40. The lowest BCUT2D eigenvalue weighted by molar-refractivity contribution is 0.0601. The van der Waals surface area contributed by atoms with Gasteiger partial charge in [0.25, 0.3) is 0 Å². The second-order valence-electron chi connectivity index (χ2n) is 2.92. The molecule has 0 aliphatic rings. The van der Waals surface area contributed by atoms with Crippen molar-refractivity contribution in [3.05, 3.63) is 28.8 Å². The highest BCUT2D eigenvalue weighted by Gasteiger charge is 2.12. The van der Waals surface area contributed by atoms with E-state index in [0.717, 1.165) is 4.31 Å². The fourth-order valence-electron chi connectivity index (χ4n) is 1.08. The van der Waals surface area contributed by atoms with E-state index in [0.29, 0.717) is 5.69 Å². The van der Waals surface area contributed by atoms with Crippen molar-refractivity contribution in [3.63, 3.8) is 0 Å². The Balaban J connectivity index is 3.13. The average molecular weight is 264 g/mol. The minimum atomic E-state index is -2.72. The number of hydrogen-bond acceptors (Lipinski definition) is 4. The highest BCUT2D eigenvalue weighted by Crippen LogP contribution is 2.23. The average Bonchev–Trinajstić information content (AvgIpc) is 2.26. The number of esters is 1.